The van der Waals surface area contributed by atoms with Crippen LogP contribution in [0.3, 0.4) is 0 Å². The molecule has 2 N–H and O–H groups in total. The number of rotatable bonds is 6. The van der Waals surface area contributed by atoms with E-state index in [0.29, 0.717) is 11.1 Å². The molecule has 3 rings (SSSR count). The van der Waals surface area contributed by atoms with Gasteiger partial charge in [0.25, 0.3) is 0 Å². The predicted octanol–water partition coefficient (Wildman–Crippen LogP) is 5.22. The molecular formula is C22H18O5S. The van der Waals surface area contributed by atoms with E-state index in [1.165, 1.54) is 11.8 Å². The zero-order valence-electron chi connectivity index (χ0n) is 15.3. The molecule has 3 aromatic carbocycles. The van der Waals surface area contributed by atoms with Crippen LogP contribution in [0.5, 0.6) is 5.75 Å². The third-order valence-electron chi connectivity index (χ3n) is 4.29. The molecule has 0 spiro atoms. The summed E-state index contributed by atoms with van der Waals surface area (Å²) in [6.45, 7) is 1.87. The molecule has 0 unspecified atom stereocenters. The predicted molar refractivity (Wildman–Crippen MR) is 108 cm³/mol. The summed E-state index contributed by atoms with van der Waals surface area (Å²) in [5, 5.41) is 18.7. The number of carbonyl (C=O) groups is 2. The molecule has 142 valence electrons. The van der Waals surface area contributed by atoms with Crippen molar-refractivity contribution in [1.29, 1.82) is 0 Å². The second kappa shape index (κ2) is 8.19. The summed E-state index contributed by atoms with van der Waals surface area (Å²) in [6.07, 6.45) is 0. The summed E-state index contributed by atoms with van der Waals surface area (Å²) in [5.74, 6) is -1.31. The Hall–Kier alpha value is -3.25. The van der Waals surface area contributed by atoms with Crippen molar-refractivity contribution in [1.82, 2.24) is 0 Å². The SMILES string of the molecule is COc1ccc(Sc2ccc(C(=O)O)cc2-c2cc(C(=O)O)ccc2C)cc1. The van der Waals surface area contributed by atoms with Crippen LogP contribution in [0, 0.1) is 6.92 Å². The van der Waals surface area contributed by atoms with Gasteiger partial charge in [0, 0.05) is 9.79 Å². The van der Waals surface area contributed by atoms with Gasteiger partial charge in [0.2, 0.25) is 0 Å². The Morgan fingerprint density at radius 2 is 1.39 bits per heavy atom. The maximum absolute atomic E-state index is 11.5. The summed E-state index contributed by atoms with van der Waals surface area (Å²) in [6, 6.07) is 17.3. The molecule has 0 heterocycles. The largest absolute Gasteiger partial charge is 0.497 e. The molecule has 0 saturated carbocycles. The first-order valence-corrected chi connectivity index (χ1v) is 9.24. The molecule has 0 radical (unpaired) electrons. The van der Waals surface area contributed by atoms with Gasteiger partial charge in [-0.15, -0.1) is 0 Å². The molecule has 3 aromatic rings. The lowest BCUT2D eigenvalue weighted by molar-refractivity contribution is 0.0686. The first kappa shape index (κ1) is 19.5. The zero-order chi connectivity index (χ0) is 20.3. The third kappa shape index (κ3) is 4.18. The summed E-state index contributed by atoms with van der Waals surface area (Å²) in [7, 11) is 1.60. The Morgan fingerprint density at radius 1 is 0.821 bits per heavy atom. The number of ether oxygens (including phenoxy) is 1. The fourth-order valence-electron chi connectivity index (χ4n) is 2.78. The number of aryl methyl sites for hydroxylation is 1. The number of hydrogen-bond donors (Lipinski definition) is 2. The summed E-state index contributed by atoms with van der Waals surface area (Å²) in [4.78, 5) is 24.7. The van der Waals surface area contributed by atoms with Crippen LogP contribution >= 0.6 is 11.8 Å². The van der Waals surface area contributed by atoms with Crippen LogP contribution in [-0.2, 0) is 0 Å². The van der Waals surface area contributed by atoms with Crippen molar-refractivity contribution in [2.45, 2.75) is 16.7 Å². The molecule has 0 bridgehead atoms. The van der Waals surface area contributed by atoms with Crippen molar-refractivity contribution >= 4 is 23.7 Å². The number of carboxylic acid groups (broad SMARTS) is 2. The van der Waals surface area contributed by atoms with Crippen LogP contribution in [0.1, 0.15) is 26.3 Å². The molecule has 0 amide bonds. The fourth-order valence-corrected chi connectivity index (χ4v) is 3.72. The van der Waals surface area contributed by atoms with Gasteiger partial charge in [0.1, 0.15) is 5.75 Å². The van der Waals surface area contributed by atoms with E-state index in [1.54, 1.807) is 43.5 Å². The van der Waals surface area contributed by atoms with Crippen LogP contribution in [0.25, 0.3) is 11.1 Å². The smallest absolute Gasteiger partial charge is 0.335 e. The minimum atomic E-state index is -1.03. The summed E-state index contributed by atoms with van der Waals surface area (Å²) >= 11 is 1.48. The van der Waals surface area contributed by atoms with E-state index in [4.69, 9.17) is 4.74 Å². The van der Waals surface area contributed by atoms with Crippen molar-refractivity contribution in [3.63, 3.8) is 0 Å². The minimum absolute atomic E-state index is 0.147. The average Bonchev–Trinajstić information content (AvgIpc) is 2.69. The molecule has 0 aliphatic carbocycles. The molecule has 28 heavy (non-hydrogen) atoms. The molecule has 0 atom stereocenters. The molecule has 0 aromatic heterocycles. The second-order valence-corrected chi connectivity index (χ2v) is 7.24. The molecule has 0 aliphatic rings. The van der Waals surface area contributed by atoms with Gasteiger partial charge in [0.05, 0.1) is 18.2 Å². The molecule has 0 aliphatic heterocycles. The van der Waals surface area contributed by atoms with Crippen LogP contribution in [0.4, 0.5) is 0 Å². The first-order chi connectivity index (χ1) is 13.4. The van der Waals surface area contributed by atoms with Gasteiger partial charge < -0.3 is 14.9 Å². The maximum Gasteiger partial charge on any atom is 0.335 e. The molecule has 0 saturated heterocycles. The molecule has 0 fully saturated rings. The Balaban J connectivity index is 2.12. The van der Waals surface area contributed by atoms with E-state index in [9.17, 15) is 19.8 Å². The highest BCUT2D eigenvalue weighted by atomic mass is 32.2. The fraction of sp³-hybridized carbons (Fsp3) is 0.0909. The van der Waals surface area contributed by atoms with Gasteiger partial charge in [-0.3, -0.25) is 0 Å². The maximum atomic E-state index is 11.5. The standard InChI is InChI=1S/C22H18O5S/c1-13-3-4-14(21(23)24)11-18(13)19-12-15(22(25)26)5-10-20(19)28-17-8-6-16(27-2)7-9-17/h3-12H,1-2H3,(H,23,24)(H,25,26). The number of methoxy groups -OCH3 is 1. The van der Waals surface area contributed by atoms with Gasteiger partial charge in [-0.1, -0.05) is 17.8 Å². The van der Waals surface area contributed by atoms with E-state index in [2.05, 4.69) is 0 Å². The van der Waals surface area contributed by atoms with Crippen LogP contribution in [0.2, 0.25) is 0 Å². The Bertz CT molecular complexity index is 1040. The van der Waals surface area contributed by atoms with E-state index >= 15 is 0 Å². The highest BCUT2D eigenvalue weighted by Gasteiger charge is 2.15. The third-order valence-corrected chi connectivity index (χ3v) is 5.37. The van der Waals surface area contributed by atoms with E-state index in [1.807, 2.05) is 31.2 Å². The number of benzene rings is 3. The molecule has 6 heteroatoms. The average molecular weight is 394 g/mol. The van der Waals surface area contributed by atoms with Crippen LogP contribution in [0.15, 0.2) is 70.5 Å². The van der Waals surface area contributed by atoms with Crippen LogP contribution in [-0.4, -0.2) is 29.3 Å². The lowest BCUT2D eigenvalue weighted by Gasteiger charge is -2.14. The van der Waals surface area contributed by atoms with Crippen molar-refractivity contribution < 1.29 is 24.5 Å². The van der Waals surface area contributed by atoms with Crippen LogP contribution < -0.4 is 4.74 Å². The van der Waals surface area contributed by atoms with Gasteiger partial charge >= 0.3 is 11.9 Å². The zero-order valence-corrected chi connectivity index (χ0v) is 16.1. The van der Waals surface area contributed by atoms with Crippen molar-refractivity contribution in [2.75, 3.05) is 7.11 Å². The van der Waals surface area contributed by atoms with E-state index < -0.39 is 11.9 Å². The first-order valence-electron chi connectivity index (χ1n) is 8.42. The minimum Gasteiger partial charge on any atom is -0.497 e. The molecular weight excluding hydrogens is 376 g/mol. The lowest BCUT2D eigenvalue weighted by atomic mass is 9.96. The highest BCUT2D eigenvalue weighted by Crippen LogP contribution is 2.38. The topological polar surface area (TPSA) is 83.8 Å². The number of aromatic carboxylic acids is 2. The second-order valence-electron chi connectivity index (χ2n) is 6.13. The van der Waals surface area contributed by atoms with Gasteiger partial charge in [-0.05, 0) is 78.2 Å². The monoisotopic (exact) mass is 394 g/mol. The quantitative estimate of drug-likeness (QED) is 0.596. The Labute approximate surface area is 166 Å². The number of carboxylic acids is 2. The van der Waals surface area contributed by atoms with Gasteiger partial charge in [-0.2, -0.15) is 0 Å². The highest BCUT2D eigenvalue weighted by molar-refractivity contribution is 7.99. The lowest BCUT2D eigenvalue weighted by Crippen LogP contribution is -2.00. The van der Waals surface area contributed by atoms with Crippen molar-refractivity contribution in [2.24, 2.45) is 0 Å². The van der Waals surface area contributed by atoms with Gasteiger partial charge in [0.15, 0.2) is 0 Å². The Morgan fingerprint density at radius 3 is 1.96 bits per heavy atom. The van der Waals surface area contributed by atoms with E-state index in [-0.39, 0.29) is 11.1 Å². The number of hydrogen-bond acceptors (Lipinski definition) is 4. The van der Waals surface area contributed by atoms with Crippen molar-refractivity contribution in [3.05, 3.63) is 77.4 Å². The molecule has 5 nitrogen and oxygen atoms in total. The Kier molecular flexibility index (Phi) is 5.70. The van der Waals surface area contributed by atoms with E-state index in [0.717, 1.165) is 21.1 Å². The normalized spacial score (nSPS) is 10.5. The van der Waals surface area contributed by atoms with Crippen molar-refractivity contribution in [3.8, 4) is 16.9 Å². The summed E-state index contributed by atoms with van der Waals surface area (Å²) < 4.78 is 5.18. The summed E-state index contributed by atoms with van der Waals surface area (Å²) in [5.41, 5.74) is 2.54. The van der Waals surface area contributed by atoms with Gasteiger partial charge in [-0.25, -0.2) is 9.59 Å².